The fraction of sp³-hybridized carbons (Fsp3) is 0.417. The Labute approximate surface area is 101 Å². The summed E-state index contributed by atoms with van der Waals surface area (Å²) in [7, 11) is 0. The standard InChI is InChI=1S/C12H17FN2S/c1-2-3-7-14-12(16)15-9-10-5-4-6-11(13)8-10/h4-6,8H,2-3,7,9H2,1H3,(H2,14,15,16). The van der Waals surface area contributed by atoms with Crippen molar-refractivity contribution in [3.8, 4) is 0 Å². The van der Waals surface area contributed by atoms with Crippen LogP contribution in [0.4, 0.5) is 4.39 Å². The summed E-state index contributed by atoms with van der Waals surface area (Å²) in [5, 5.41) is 6.76. The Morgan fingerprint density at radius 2 is 2.19 bits per heavy atom. The summed E-state index contributed by atoms with van der Waals surface area (Å²) < 4.78 is 12.9. The number of rotatable bonds is 5. The molecule has 1 aromatic carbocycles. The van der Waals surface area contributed by atoms with Crippen LogP contribution in [0.25, 0.3) is 0 Å². The average Bonchev–Trinajstić information content (AvgIpc) is 2.27. The molecule has 0 atom stereocenters. The first kappa shape index (κ1) is 12.9. The van der Waals surface area contributed by atoms with Gasteiger partial charge in [-0.3, -0.25) is 0 Å². The average molecular weight is 240 g/mol. The number of halogens is 1. The Hall–Kier alpha value is -1.16. The quantitative estimate of drug-likeness (QED) is 0.611. The van der Waals surface area contributed by atoms with Gasteiger partial charge in [-0.05, 0) is 36.3 Å². The minimum absolute atomic E-state index is 0.218. The molecular formula is C12H17FN2S. The van der Waals surface area contributed by atoms with Crippen LogP contribution in [-0.4, -0.2) is 11.7 Å². The van der Waals surface area contributed by atoms with Crippen molar-refractivity contribution < 1.29 is 4.39 Å². The molecular weight excluding hydrogens is 223 g/mol. The van der Waals surface area contributed by atoms with Gasteiger partial charge in [-0.15, -0.1) is 0 Å². The fourth-order valence-electron chi connectivity index (χ4n) is 1.27. The van der Waals surface area contributed by atoms with Gasteiger partial charge in [0.05, 0.1) is 0 Å². The van der Waals surface area contributed by atoms with E-state index in [2.05, 4.69) is 17.6 Å². The van der Waals surface area contributed by atoms with Crippen molar-refractivity contribution in [2.75, 3.05) is 6.54 Å². The first-order valence-electron chi connectivity index (χ1n) is 5.48. The fourth-order valence-corrected chi connectivity index (χ4v) is 1.44. The van der Waals surface area contributed by atoms with Crippen LogP contribution >= 0.6 is 12.2 Å². The van der Waals surface area contributed by atoms with Crippen LogP contribution < -0.4 is 10.6 Å². The lowest BCUT2D eigenvalue weighted by atomic mass is 10.2. The zero-order valence-corrected chi connectivity index (χ0v) is 10.2. The zero-order valence-electron chi connectivity index (χ0n) is 9.42. The molecule has 0 unspecified atom stereocenters. The van der Waals surface area contributed by atoms with Crippen LogP contribution in [0.15, 0.2) is 24.3 Å². The predicted molar refractivity (Wildman–Crippen MR) is 68.7 cm³/mol. The molecule has 0 aliphatic carbocycles. The van der Waals surface area contributed by atoms with Gasteiger partial charge < -0.3 is 10.6 Å². The van der Waals surface area contributed by atoms with E-state index in [9.17, 15) is 4.39 Å². The highest BCUT2D eigenvalue weighted by Gasteiger charge is 1.97. The van der Waals surface area contributed by atoms with E-state index in [0.29, 0.717) is 11.7 Å². The lowest BCUT2D eigenvalue weighted by molar-refractivity contribution is 0.624. The first-order valence-corrected chi connectivity index (χ1v) is 5.89. The predicted octanol–water partition coefficient (Wildman–Crippen LogP) is 2.59. The molecule has 0 aromatic heterocycles. The summed E-state index contributed by atoms with van der Waals surface area (Å²) in [5.41, 5.74) is 0.889. The summed E-state index contributed by atoms with van der Waals surface area (Å²) in [6.07, 6.45) is 2.24. The van der Waals surface area contributed by atoms with E-state index < -0.39 is 0 Å². The molecule has 0 saturated carbocycles. The first-order chi connectivity index (χ1) is 7.72. The second kappa shape index (κ2) is 7.17. The molecule has 0 heterocycles. The van der Waals surface area contributed by atoms with Gasteiger partial charge in [0, 0.05) is 13.1 Å². The third-order valence-electron chi connectivity index (χ3n) is 2.16. The SMILES string of the molecule is CCCCNC(=S)NCc1cccc(F)c1. The number of thiocarbonyl (C=S) groups is 1. The minimum Gasteiger partial charge on any atom is -0.363 e. The second-order valence-corrected chi connectivity index (χ2v) is 4.00. The van der Waals surface area contributed by atoms with Gasteiger partial charge in [-0.25, -0.2) is 4.39 Å². The van der Waals surface area contributed by atoms with Crippen molar-refractivity contribution in [1.82, 2.24) is 10.6 Å². The van der Waals surface area contributed by atoms with Gasteiger partial charge in [0.2, 0.25) is 0 Å². The molecule has 2 N–H and O–H groups in total. The maximum absolute atomic E-state index is 12.9. The molecule has 0 fully saturated rings. The van der Waals surface area contributed by atoms with Gasteiger partial charge in [0.1, 0.15) is 5.82 Å². The maximum Gasteiger partial charge on any atom is 0.166 e. The highest BCUT2D eigenvalue weighted by atomic mass is 32.1. The number of hydrogen-bond acceptors (Lipinski definition) is 1. The van der Waals surface area contributed by atoms with Crippen molar-refractivity contribution in [3.05, 3.63) is 35.6 Å². The van der Waals surface area contributed by atoms with E-state index in [1.54, 1.807) is 6.07 Å². The summed E-state index contributed by atoms with van der Waals surface area (Å²) in [5.74, 6) is -0.218. The summed E-state index contributed by atoms with van der Waals surface area (Å²) in [6.45, 7) is 3.56. The monoisotopic (exact) mass is 240 g/mol. The molecule has 0 spiro atoms. The van der Waals surface area contributed by atoms with E-state index in [-0.39, 0.29) is 5.82 Å². The lowest BCUT2D eigenvalue weighted by Gasteiger charge is -2.09. The van der Waals surface area contributed by atoms with Gasteiger partial charge in [0.25, 0.3) is 0 Å². The van der Waals surface area contributed by atoms with Crippen LogP contribution in [0.1, 0.15) is 25.3 Å². The van der Waals surface area contributed by atoms with Gasteiger partial charge >= 0.3 is 0 Å². The Balaban J connectivity index is 2.26. The van der Waals surface area contributed by atoms with Crippen molar-refractivity contribution in [1.29, 1.82) is 0 Å². The number of benzene rings is 1. The molecule has 0 aliphatic rings. The molecule has 1 aromatic rings. The van der Waals surface area contributed by atoms with Crippen molar-refractivity contribution >= 4 is 17.3 Å². The molecule has 0 amide bonds. The summed E-state index contributed by atoms with van der Waals surface area (Å²) >= 11 is 5.08. The van der Waals surface area contributed by atoms with Gasteiger partial charge in [-0.2, -0.15) is 0 Å². The third-order valence-corrected chi connectivity index (χ3v) is 2.45. The van der Waals surface area contributed by atoms with E-state index in [0.717, 1.165) is 24.9 Å². The van der Waals surface area contributed by atoms with Crippen molar-refractivity contribution in [2.45, 2.75) is 26.3 Å². The zero-order chi connectivity index (χ0) is 11.8. The van der Waals surface area contributed by atoms with E-state index in [1.807, 2.05) is 6.07 Å². The molecule has 0 bridgehead atoms. The highest BCUT2D eigenvalue weighted by molar-refractivity contribution is 7.80. The second-order valence-electron chi connectivity index (χ2n) is 3.59. The molecule has 0 saturated heterocycles. The largest absolute Gasteiger partial charge is 0.363 e. The smallest absolute Gasteiger partial charge is 0.166 e. The molecule has 0 aliphatic heterocycles. The maximum atomic E-state index is 12.9. The molecule has 0 radical (unpaired) electrons. The summed E-state index contributed by atoms with van der Waals surface area (Å²) in [4.78, 5) is 0. The Bertz CT molecular complexity index is 342. The van der Waals surface area contributed by atoms with Crippen LogP contribution in [0.3, 0.4) is 0 Å². The van der Waals surface area contributed by atoms with E-state index in [4.69, 9.17) is 12.2 Å². The summed E-state index contributed by atoms with van der Waals surface area (Å²) in [6, 6.07) is 6.49. The van der Waals surface area contributed by atoms with Crippen LogP contribution in [0.5, 0.6) is 0 Å². The van der Waals surface area contributed by atoms with Crippen molar-refractivity contribution in [3.63, 3.8) is 0 Å². The minimum atomic E-state index is -0.218. The van der Waals surface area contributed by atoms with Gasteiger partial charge in [0.15, 0.2) is 5.11 Å². The highest BCUT2D eigenvalue weighted by Crippen LogP contribution is 2.02. The number of unbranched alkanes of at least 4 members (excludes halogenated alkanes) is 1. The lowest BCUT2D eigenvalue weighted by Crippen LogP contribution is -2.35. The van der Waals surface area contributed by atoms with E-state index in [1.165, 1.54) is 12.1 Å². The number of nitrogens with one attached hydrogen (secondary N) is 2. The molecule has 88 valence electrons. The third kappa shape index (κ3) is 5.07. The molecule has 4 heteroatoms. The van der Waals surface area contributed by atoms with Crippen LogP contribution in [0.2, 0.25) is 0 Å². The van der Waals surface area contributed by atoms with Crippen molar-refractivity contribution in [2.24, 2.45) is 0 Å². The molecule has 2 nitrogen and oxygen atoms in total. The Morgan fingerprint density at radius 3 is 2.88 bits per heavy atom. The molecule has 16 heavy (non-hydrogen) atoms. The van der Waals surface area contributed by atoms with Crippen LogP contribution in [-0.2, 0) is 6.54 Å². The topological polar surface area (TPSA) is 24.1 Å². The van der Waals surface area contributed by atoms with E-state index >= 15 is 0 Å². The Kier molecular flexibility index (Phi) is 5.78. The molecule has 1 rings (SSSR count). The normalized spacial score (nSPS) is 9.88. The number of hydrogen-bond donors (Lipinski definition) is 2. The van der Waals surface area contributed by atoms with Crippen LogP contribution in [0, 0.1) is 5.82 Å². The van der Waals surface area contributed by atoms with Gasteiger partial charge in [-0.1, -0.05) is 25.5 Å². The Morgan fingerprint density at radius 1 is 1.38 bits per heavy atom.